The van der Waals surface area contributed by atoms with E-state index in [0.29, 0.717) is 0 Å². The Hall–Kier alpha value is -2.02. The van der Waals surface area contributed by atoms with E-state index in [2.05, 4.69) is 21.2 Å². The fourth-order valence-electron chi connectivity index (χ4n) is 1.72. The highest BCUT2D eigenvalue weighted by molar-refractivity contribution is 9.10. The van der Waals surface area contributed by atoms with Crippen LogP contribution in [0.2, 0.25) is 0 Å². The van der Waals surface area contributed by atoms with Crippen molar-refractivity contribution in [2.24, 2.45) is 0 Å². The van der Waals surface area contributed by atoms with Crippen LogP contribution < -0.4 is 5.32 Å². The first kappa shape index (κ1) is 16.4. The normalized spacial score (nSPS) is 11.1. The summed E-state index contributed by atoms with van der Waals surface area (Å²) in [5.74, 6) is 0. The Labute approximate surface area is 133 Å². The summed E-state index contributed by atoms with van der Waals surface area (Å²) in [6, 6.07) is 12.4. The third-order valence-electron chi connectivity index (χ3n) is 2.75. The molecule has 0 spiro atoms. The summed E-state index contributed by atoms with van der Waals surface area (Å²) in [7, 11) is 0. The van der Waals surface area contributed by atoms with Gasteiger partial charge in [0.05, 0.1) is 15.7 Å². The fourth-order valence-corrected chi connectivity index (χ4v) is 2.30. The maximum absolute atomic E-state index is 12.8. The highest BCUT2D eigenvalue weighted by Gasteiger charge is 2.33. The Morgan fingerprint density at radius 1 is 1.09 bits per heavy atom. The van der Waals surface area contributed by atoms with Crippen molar-refractivity contribution in [1.82, 2.24) is 0 Å². The zero-order valence-electron chi connectivity index (χ0n) is 11.2. The molecule has 0 heterocycles. The van der Waals surface area contributed by atoms with E-state index < -0.39 is 17.8 Å². The summed E-state index contributed by atoms with van der Waals surface area (Å²) < 4.78 is 43.0. The molecule has 0 fully saturated rings. The molecule has 0 radical (unpaired) electrons. The molecule has 0 atom stereocenters. The zero-order chi connectivity index (χ0) is 16.2. The van der Waals surface area contributed by atoms with Gasteiger partial charge in [0.1, 0.15) is 6.61 Å². The molecule has 0 unspecified atom stereocenters. The first-order chi connectivity index (χ1) is 10.4. The zero-order valence-corrected chi connectivity index (χ0v) is 12.7. The number of carbonyl (C=O) groups excluding carboxylic acids is 1. The average molecular weight is 374 g/mol. The predicted molar refractivity (Wildman–Crippen MR) is 79.4 cm³/mol. The lowest BCUT2D eigenvalue weighted by molar-refractivity contribution is -0.138. The molecule has 2 aromatic carbocycles. The molecule has 1 amide bonds. The van der Waals surface area contributed by atoms with E-state index in [1.165, 1.54) is 12.1 Å². The number of hydrogen-bond donors (Lipinski definition) is 1. The largest absolute Gasteiger partial charge is 0.444 e. The van der Waals surface area contributed by atoms with E-state index in [4.69, 9.17) is 4.74 Å². The smallest absolute Gasteiger partial charge is 0.417 e. The SMILES string of the molecule is O=C(Nc1cccc(C(F)(F)F)c1Br)OCc1ccccc1. The lowest BCUT2D eigenvalue weighted by Gasteiger charge is -2.13. The summed E-state index contributed by atoms with van der Waals surface area (Å²) in [5, 5.41) is 2.28. The van der Waals surface area contributed by atoms with Crippen LogP contribution in [0.3, 0.4) is 0 Å². The summed E-state index contributed by atoms with van der Waals surface area (Å²) in [6.45, 7) is 0.0310. The molecule has 116 valence electrons. The Bertz CT molecular complexity index is 660. The van der Waals surface area contributed by atoms with Gasteiger partial charge in [0.25, 0.3) is 0 Å². The first-order valence-electron chi connectivity index (χ1n) is 6.21. The van der Waals surface area contributed by atoms with Crippen LogP contribution in [-0.4, -0.2) is 6.09 Å². The van der Waals surface area contributed by atoms with Crippen molar-refractivity contribution < 1.29 is 22.7 Å². The van der Waals surface area contributed by atoms with E-state index in [9.17, 15) is 18.0 Å². The molecule has 0 bridgehead atoms. The quantitative estimate of drug-likeness (QED) is 0.801. The second kappa shape index (κ2) is 6.83. The molecule has 0 saturated carbocycles. The van der Waals surface area contributed by atoms with E-state index in [-0.39, 0.29) is 16.8 Å². The average Bonchev–Trinajstić information content (AvgIpc) is 2.47. The third kappa shape index (κ3) is 4.24. The lowest BCUT2D eigenvalue weighted by atomic mass is 10.2. The Morgan fingerprint density at radius 2 is 1.77 bits per heavy atom. The van der Waals surface area contributed by atoms with Gasteiger partial charge in [-0.25, -0.2) is 4.79 Å². The summed E-state index contributed by atoms with van der Waals surface area (Å²) >= 11 is 2.85. The number of ether oxygens (including phenoxy) is 1. The van der Waals surface area contributed by atoms with Gasteiger partial charge in [-0.3, -0.25) is 5.32 Å². The van der Waals surface area contributed by atoms with Gasteiger partial charge in [0.15, 0.2) is 0 Å². The topological polar surface area (TPSA) is 38.3 Å². The molecule has 0 aromatic heterocycles. The first-order valence-corrected chi connectivity index (χ1v) is 7.00. The van der Waals surface area contributed by atoms with Crippen LogP contribution in [-0.2, 0) is 17.5 Å². The van der Waals surface area contributed by atoms with E-state index in [1.807, 2.05) is 6.07 Å². The number of hydrogen-bond acceptors (Lipinski definition) is 2. The minimum atomic E-state index is -4.51. The Morgan fingerprint density at radius 3 is 2.41 bits per heavy atom. The monoisotopic (exact) mass is 373 g/mol. The molecule has 1 N–H and O–H groups in total. The van der Waals surface area contributed by atoms with Gasteiger partial charge in [-0.15, -0.1) is 0 Å². The van der Waals surface area contributed by atoms with Crippen molar-refractivity contribution in [2.45, 2.75) is 12.8 Å². The number of carbonyl (C=O) groups is 1. The number of alkyl halides is 3. The molecule has 0 aliphatic heterocycles. The van der Waals surface area contributed by atoms with Crippen LogP contribution in [0.4, 0.5) is 23.7 Å². The van der Waals surface area contributed by atoms with Crippen LogP contribution in [0, 0.1) is 0 Å². The van der Waals surface area contributed by atoms with Crippen LogP contribution in [0.1, 0.15) is 11.1 Å². The van der Waals surface area contributed by atoms with Gasteiger partial charge in [0.2, 0.25) is 0 Å². The van der Waals surface area contributed by atoms with Gasteiger partial charge >= 0.3 is 12.3 Å². The van der Waals surface area contributed by atoms with Crippen LogP contribution >= 0.6 is 15.9 Å². The van der Waals surface area contributed by atoms with Crippen LogP contribution in [0.5, 0.6) is 0 Å². The molecule has 0 aliphatic carbocycles. The molecule has 22 heavy (non-hydrogen) atoms. The van der Waals surface area contributed by atoms with Gasteiger partial charge in [-0.2, -0.15) is 13.2 Å². The van der Waals surface area contributed by atoms with Gasteiger partial charge < -0.3 is 4.74 Å². The van der Waals surface area contributed by atoms with Gasteiger partial charge in [-0.1, -0.05) is 36.4 Å². The second-order valence-electron chi connectivity index (χ2n) is 4.35. The number of rotatable bonds is 3. The predicted octanol–water partition coefficient (Wildman–Crippen LogP) is 5.22. The Balaban J connectivity index is 2.03. The van der Waals surface area contributed by atoms with E-state index in [0.717, 1.165) is 11.6 Å². The lowest BCUT2D eigenvalue weighted by Crippen LogP contribution is -2.15. The van der Waals surface area contributed by atoms with Gasteiger partial charge in [-0.05, 0) is 33.6 Å². The fraction of sp³-hybridized carbons (Fsp3) is 0.133. The van der Waals surface area contributed by atoms with Crippen molar-refractivity contribution in [3.63, 3.8) is 0 Å². The van der Waals surface area contributed by atoms with Crippen molar-refractivity contribution in [3.05, 3.63) is 64.1 Å². The van der Waals surface area contributed by atoms with Crippen molar-refractivity contribution in [2.75, 3.05) is 5.32 Å². The van der Waals surface area contributed by atoms with Crippen molar-refractivity contribution >= 4 is 27.7 Å². The number of amides is 1. The second-order valence-corrected chi connectivity index (χ2v) is 5.14. The number of anilines is 1. The maximum Gasteiger partial charge on any atom is 0.417 e. The molecule has 0 saturated heterocycles. The van der Waals surface area contributed by atoms with Crippen molar-refractivity contribution in [3.8, 4) is 0 Å². The summed E-state index contributed by atoms with van der Waals surface area (Å²) in [6.07, 6.45) is -5.34. The maximum atomic E-state index is 12.8. The van der Waals surface area contributed by atoms with Crippen LogP contribution in [0.15, 0.2) is 53.0 Å². The highest BCUT2D eigenvalue weighted by Crippen LogP contribution is 2.38. The standard InChI is InChI=1S/C15H11BrF3NO2/c16-13-11(15(17,18)19)7-4-8-12(13)20-14(21)22-9-10-5-2-1-3-6-10/h1-8H,9H2,(H,20,21). The molecule has 2 rings (SSSR count). The Kier molecular flexibility index (Phi) is 5.07. The minimum absolute atomic E-state index is 0.00659. The van der Waals surface area contributed by atoms with E-state index >= 15 is 0 Å². The van der Waals surface area contributed by atoms with Crippen molar-refractivity contribution in [1.29, 1.82) is 0 Å². The highest BCUT2D eigenvalue weighted by atomic mass is 79.9. The molecule has 2 aromatic rings. The minimum Gasteiger partial charge on any atom is -0.444 e. The summed E-state index contributed by atoms with van der Waals surface area (Å²) in [5.41, 5.74) is -0.0954. The van der Waals surface area contributed by atoms with Gasteiger partial charge in [0, 0.05) is 0 Å². The summed E-state index contributed by atoms with van der Waals surface area (Å²) in [4.78, 5) is 11.7. The molecule has 3 nitrogen and oxygen atoms in total. The van der Waals surface area contributed by atoms with Crippen LogP contribution in [0.25, 0.3) is 0 Å². The number of benzene rings is 2. The van der Waals surface area contributed by atoms with E-state index in [1.54, 1.807) is 24.3 Å². The molecule has 0 aliphatic rings. The number of nitrogens with one attached hydrogen (secondary N) is 1. The number of halogens is 4. The third-order valence-corrected chi connectivity index (χ3v) is 3.61. The molecular weight excluding hydrogens is 363 g/mol. The molecule has 7 heteroatoms. The molecular formula is C15H11BrF3NO2.